The van der Waals surface area contributed by atoms with Crippen LogP contribution < -0.4 is 14.8 Å². The van der Waals surface area contributed by atoms with Crippen LogP contribution in [0.4, 0.5) is 5.69 Å². The predicted octanol–water partition coefficient (Wildman–Crippen LogP) is 0.742. The lowest BCUT2D eigenvalue weighted by Gasteiger charge is -2.34. The zero-order chi connectivity index (χ0) is 22.9. The third-order valence-electron chi connectivity index (χ3n) is 5.34. The van der Waals surface area contributed by atoms with Crippen molar-refractivity contribution in [2.75, 3.05) is 45.2 Å². The number of piperazine rings is 1. The molecule has 0 radical (unpaired) electrons. The quantitative estimate of drug-likeness (QED) is 0.632. The van der Waals surface area contributed by atoms with Crippen molar-refractivity contribution in [1.29, 1.82) is 0 Å². The summed E-state index contributed by atoms with van der Waals surface area (Å²) in [7, 11) is -2.37. The first kappa shape index (κ1) is 21.8. The van der Waals surface area contributed by atoms with Crippen molar-refractivity contribution in [3.63, 3.8) is 0 Å². The highest BCUT2D eigenvalue weighted by Crippen LogP contribution is 2.28. The molecule has 0 bridgehead atoms. The Kier molecular flexibility index (Phi) is 5.85. The molecule has 32 heavy (non-hydrogen) atoms. The second-order valence-corrected chi connectivity index (χ2v) is 9.15. The number of nitrogens with one attached hydrogen (secondary N) is 1. The van der Waals surface area contributed by atoms with Crippen molar-refractivity contribution in [2.45, 2.75) is 4.90 Å². The molecule has 2 aliphatic rings. The molecular formula is C21H21N3O7S. The summed E-state index contributed by atoms with van der Waals surface area (Å²) in [4.78, 5) is 37.4. The Bertz CT molecular complexity index is 1190. The Morgan fingerprint density at radius 3 is 2.41 bits per heavy atom. The van der Waals surface area contributed by atoms with Crippen molar-refractivity contribution >= 4 is 33.3 Å². The summed E-state index contributed by atoms with van der Waals surface area (Å²) in [6.07, 6.45) is 0. The topological polar surface area (TPSA) is 122 Å². The maximum Gasteiger partial charge on any atom is 0.296 e. The number of nitrogens with zero attached hydrogens (tertiary/aromatic N) is 2. The summed E-state index contributed by atoms with van der Waals surface area (Å²) in [5.74, 6) is -0.843. The average molecular weight is 459 g/mol. The van der Waals surface area contributed by atoms with Crippen molar-refractivity contribution in [3.05, 3.63) is 48.0 Å². The number of ether oxygens (including phenoxy) is 2. The second kappa shape index (κ2) is 8.60. The number of anilines is 1. The van der Waals surface area contributed by atoms with E-state index < -0.39 is 21.7 Å². The molecule has 0 atom stereocenters. The van der Waals surface area contributed by atoms with Gasteiger partial charge in [0.05, 0.1) is 23.3 Å². The number of methoxy groups -OCH3 is 1. The van der Waals surface area contributed by atoms with E-state index in [-0.39, 0.29) is 49.2 Å². The number of hydrogen-bond acceptors (Lipinski definition) is 7. The van der Waals surface area contributed by atoms with E-state index in [9.17, 15) is 22.8 Å². The molecule has 0 unspecified atom stereocenters. The van der Waals surface area contributed by atoms with Gasteiger partial charge in [0.2, 0.25) is 10.0 Å². The Labute approximate surface area is 184 Å². The highest BCUT2D eigenvalue weighted by atomic mass is 32.2. The Hall–Kier alpha value is -3.44. The summed E-state index contributed by atoms with van der Waals surface area (Å²) in [6.45, 7) is 0.422. The van der Waals surface area contributed by atoms with Crippen LogP contribution in [0, 0.1) is 0 Å². The summed E-state index contributed by atoms with van der Waals surface area (Å²) in [6, 6.07) is 10.9. The maximum absolute atomic E-state index is 13.0. The van der Waals surface area contributed by atoms with Gasteiger partial charge in [0, 0.05) is 26.2 Å². The number of carbonyl (C=O) groups is 3. The van der Waals surface area contributed by atoms with Crippen molar-refractivity contribution in [1.82, 2.24) is 9.21 Å². The molecule has 2 aromatic carbocycles. The summed E-state index contributed by atoms with van der Waals surface area (Å²) in [5.41, 5.74) is 0.336. The second-order valence-electron chi connectivity index (χ2n) is 7.22. The number of carbonyl (C=O) groups excluding carboxylic acids is 3. The number of ketones is 1. The molecule has 10 nitrogen and oxygen atoms in total. The van der Waals surface area contributed by atoms with Gasteiger partial charge in [-0.2, -0.15) is 4.31 Å². The molecule has 2 amide bonds. The zero-order valence-electron chi connectivity index (χ0n) is 17.2. The van der Waals surface area contributed by atoms with Crippen LogP contribution in [0.15, 0.2) is 47.4 Å². The monoisotopic (exact) mass is 459 g/mol. The molecule has 0 saturated carbocycles. The third kappa shape index (κ3) is 4.04. The van der Waals surface area contributed by atoms with Gasteiger partial charge < -0.3 is 19.7 Å². The van der Waals surface area contributed by atoms with Gasteiger partial charge in [0.1, 0.15) is 0 Å². The molecule has 168 valence electrons. The molecule has 0 spiro atoms. The van der Waals surface area contributed by atoms with E-state index in [4.69, 9.17) is 9.47 Å². The lowest BCUT2D eigenvalue weighted by molar-refractivity contribution is -0.134. The Morgan fingerprint density at radius 2 is 1.72 bits per heavy atom. The van der Waals surface area contributed by atoms with Crippen LogP contribution in [0.3, 0.4) is 0 Å². The zero-order valence-corrected chi connectivity index (χ0v) is 18.1. The largest absolute Gasteiger partial charge is 0.493 e. The molecule has 2 heterocycles. The van der Waals surface area contributed by atoms with E-state index in [2.05, 4.69) is 5.32 Å². The van der Waals surface area contributed by atoms with Gasteiger partial charge in [-0.05, 0) is 30.3 Å². The molecule has 0 aliphatic carbocycles. The fourth-order valence-electron chi connectivity index (χ4n) is 3.58. The Balaban J connectivity index is 1.37. The lowest BCUT2D eigenvalue weighted by atomic mass is 10.1. The number of fused-ring (bicyclic) bond motifs is 1. The molecule has 4 rings (SSSR count). The minimum absolute atomic E-state index is 0.0402. The van der Waals surface area contributed by atoms with Crippen molar-refractivity contribution in [2.24, 2.45) is 0 Å². The van der Waals surface area contributed by atoms with E-state index in [0.29, 0.717) is 17.2 Å². The van der Waals surface area contributed by atoms with Gasteiger partial charge in [-0.3, -0.25) is 14.4 Å². The minimum atomic E-state index is -3.88. The van der Waals surface area contributed by atoms with E-state index in [1.54, 1.807) is 24.3 Å². The van der Waals surface area contributed by atoms with Gasteiger partial charge in [-0.25, -0.2) is 8.42 Å². The summed E-state index contributed by atoms with van der Waals surface area (Å²) in [5, 5.41) is 2.39. The van der Waals surface area contributed by atoms with Gasteiger partial charge in [-0.1, -0.05) is 12.1 Å². The van der Waals surface area contributed by atoms with E-state index >= 15 is 0 Å². The fraction of sp³-hybridized carbons (Fsp3) is 0.286. The predicted molar refractivity (Wildman–Crippen MR) is 113 cm³/mol. The van der Waals surface area contributed by atoms with Gasteiger partial charge in [0.25, 0.3) is 17.6 Å². The van der Waals surface area contributed by atoms with Gasteiger partial charge in [-0.15, -0.1) is 0 Å². The van der Waals surface area contributed by atoms with Crippen LogP contribution in [0.5, 0.6) is 11.5 Å². The normalized spacial score (nSPS) is 16.5. The van der Waals surface area contributed by atoms with Gasteiger partial charge in [0.15, 0.2) is 18.1 Å². The van der Waals surface area contributed by atoms with Crippen molar-refractivity contribution < 1.29 is 32.3 Å². The van der Waals surface area contributed by atoms with Crippen LogP contribution in [0.1, 0.15) is 10.4 Å². The van der Waals surface area contributed by atoms with Crippen molar-refractivity contribution in [3.8, 4) is 11.5 Å². The first-order valence-electron chi connectivity index (χ1n) is 9.85. The molecule has 1 fully saturated rings. The first-order valence-corrected chi connectivity index (χ1v) is 11.3. The minimum Gasteiger partial charge on any atom is -0.493 e. The van der Waals surface area contributed by atoms with Gasteiger partial charge >= 0.3 is 0 Å². The number of benzene rings is 2. The molecule has 2 aliphatic heterocycles. The Morgan fingerprint density at radius 1 is 1.03 bits per heavy atom. The molecular weight excluding hydrogens is 438 g/mol. The lowest BCUT2D eigenvalue weighted by Crippen LogP contribution is -2.51. The van der Waals surface area contributed by atoms with E-state index in [1.165, 1.54) is 34.5 Å². The standard InChI is InChI=1S/C21H21N3O7S/c1-30-17-4-2-3-5-18(17)31-13-19(25)23-8-10-24(11-9-23)32(28,29)14-6-7-16-15(12-14)20(26)21(27)22-16/h2-7,12H,8-11,13H2,1H3,(H,22,26,27). The first-order chi connectivity index (χ1) is 15.3. The highest BCUT2D eigenvalue weighted by Gasteiger charge is 2.33. The van der Waals surface area contributed by atoms with Crippen LogP contribution in [-0.4, -0.2) is 75.1 Å². The smallest absolute Gasteiger partial charge is 0.296 e. The third-order valence-corrected chi connectivity index (χ3v) is 7.23. The fourth-order valence-corrected chi connectivity index (χ4v) is 5.03. The number of amides is 2. The highest BCUT2D eigenvalue weighted by molar-refractivity contribution is 7.89. The molecule has 1 saturated heterocycles. The summed E-state index contributed by atoms with van der Waals surface area (Å²) < 4.78 is 38.0. The SMILES string of the molecule is COc1ccccc1OCC(=O)N1CCN(S(=O)(=O)c2ccc3c(c2)C(=O)C(=O)N3)CC1. The van der Waals surface area contributed by atoms with Crippen LogP contribution in [-0.2, 0) is 19.6 Å². The number of sulfonamides is 1. The molecule has 11 heteroatoms. The summed E-state index contributed by atoms with van der Waals surface area (Å²) >= 11 is 0. The number of rotatable bonds is 6. The maximum atomic E-state index is 13.0. The number of Topliss-reactive ketones (excluding diaryl/α,β-unsaturated/α-hetero) is 1. The average Bonchev–Trinajstić information content (AvgIpc) is 3.10. The van der Waals surface area contributed by atoms with Crippen LogP contribution in [0.2, 0.25) is 0 Å². The molecule has 2 aromatic rings. The number of hydrogen-bond donors (Lipinski definition) is 1. The molecule has 0 aromatic heterocycles. The van der Waals surface area contributed by atoms with Crippen LogP contribution >= 0.6 is 0 Å². The molecule has 1 N–H and O–H groups in total. The number of para-hydroxylation sites is 2. The van der Waals surface area contributed by atoms with Crippen LogP contribution in [0.25, 0.3) is 0 Å². The van der Waals surface area contributed by atoms with E-state index in [1.807, 2.05) is 0 Å². The van der Waals surface area contributed by atoms with E-state index in [0.717, 1.165) is 0 Å².